The molecule has 1 atom stereocenters. The van der Waals surface area contributed by atoms with Crippen LogP contribution in [0, 0.1) is 0 Å². The van der Waals surface area contributed by atoms with E-state index in [1.54, 1.807) is 0 Å². The summed E-state index contributed by atoms with van der Waals surface area (Å²) >= 11 is 0. The molecule has 1 saturated heterocycles. The van der Waals surface area contributed by atoms with E-state index in [-0.39, 0.29) is 0 Å². The zero-order chi connectivity index (χ0) is 6.53. The molecule has 1 aliphatic heterocycles. The molecule has 0 aliphatic carbocycles. The Bertz CT molecular complexity index is 68.7. The van der Waals surface area contributed by atoms with Crippen LogP contribution in [0.1, 0.15) is 0 Å². The highest BCUT2D eigenvalue weighted by Crippen LogP contribution is 1.92. The summed E-state index contributed by atoms with van der Waals surface area (Å²) in [6.07, 6.45) is 0.378. The van der Waals surface area contributed by atoms with Crippen LogP contribution >= 0.6 is 0 Å². The maximum atomic E-state index is 5.39. The van der Waals surface area contributed by atoms with Gasteiger partial charge in [0.05, 0.1) is 12.7 Å². The van der Waals surface area contributed by atoms with Gasteiger partial charge in [-0.2, -0.15) is 0 Å². The SMILES string of the molecule is CNCC1CNCCO1. The van der Waals surface area contributed by atoms with Crippen LogP contribution in [0.3, 0.4) is 0 Å². The number of likely N-dealkylation sites (N-methyl/N-ethyl adjacent to an activating group) is 1. The third-order valence-electron chi connectivity index (χ3n) is 1.44. The van der Waals surface area contributed by atoms with Crippen molar-refractivity contribution < 1.29 is 4.74 Å². The van der Waals surface area contributed by atoms with E-state index in [0.717, 1.165) is 26.2 Å². The summed E-state index contributed by atoms with van der Waals surface area (Å²) in [4.78, 5) is 0. The fourth-order valence-electron chi connectivity index (χ4n) is 0.979. The molecule has 0 aromatic carbocycles. The van der Waals surface area contributed by atoms with Crippen molar-refractivity contribution in [3.63, 3.8) is 0 Å². The quantitative estimate of drug-likeness (QED) is 0.513. The molecule has 0 amide bonds. The van der Waals surface area contributed by atoms with Crippen LogP contribution < -0.4 is 10.6 Å². The molecule has 9 heavy (non-hydrogen) atoms. The van der Waals surface area contributed by atoms with Gasteiger partial charge in [-0.05, 0) is 7.05 Å². The highest BCUT2D eigenvalue weighted by atomic mass is 16.5. The Morgan fingerprint density at radius 3 is 3.22 bits per heavy atom. The number of ether oxygens (including phenoxy) is 1. The first-order valence-corrected chi connectivity index (χ1v) is 3.40. The van der Waals surface area contributed by atoms with E-state index < -0.39 is 0 Å². The van der Waals surface area contributed by atoms with Crippen molar-refractivity contribution in [3.8, 4) is 0 Å². The van der Waals surface area contributed by atoms with E-state index >= 15 is 0 Å². The van der Waals surface area contributed by atoms with Gasteiger partial charge < -0.3 is 15.4 Å². The molecule has 1 heterocycles. The molecular weight excluding hydrogens is 116 g/mol. The van der Waals surface area contributed by atoms with E-state index in [4.69, 9.17) is 4.74 Å². The van der Waals surface area contributed by atoms with Crippen molar-refractivity contribution in [2.75, 3.05) is 33.3 Å². The van der Waals surface area contributed by atoms with E-state index in [2.05, 4.69) is 10.6 Å². The summed E-state index contributed by atoms with van der Waals surface area (Å²) in [6.45, 7) is 3.79. The van der Waals surface area contributed by atoms with E-state index in [9.17, 15) is 0 Å². The summed E-state index contributed by atoms with van der Waals surface area (Å²) in [5.41, 5.74) is 0. The van der Waals surface area contributed by atoms with Gasteiger partial charge in [0.15, 0.2) is 0 Å². The third kappa shape index (κ3) is 2.30. The maximum absolute atomic E-state index is 5.39. The van der Waals surface area contributed by atoms with Crippen molar-refractivity contribution >= 4 is 0 Å². The predicted octanol–water partition coefficient (Wildman–Crippen LogP) is -0.806. The van der Waals surface area contributed by atoms with Crippen molar-refractivity contribution in [2.24, 2.45) is 0 Å². The van der Waals surface area contributed by atoms with Crippen molar-refractivity contribution in [2.45, 2.75) is 6.10 Å². The number of rotatable bonds is 2. The first kappa shape index (κ1) is 6.99. The van der Waals surface area contributed by atoms with Crippen LogP contribution in [0.5, 0.6) is 0 Å². The lowest BCUT2D eigenvalue weighted by Gasteiger charge is -2.22. The lowest BCUT2D eigenvalue weighted by Crippen LogP contribution is -2.43. The smallest absolute Gasteiger partial charge is 0.0824 e. The van der Waals surface area contributed by atoms with Gasteiger partial charge in [-0.15, -0.1) is 0 Å². The minimum atomic E-state index is 0.378. The van der Waals surface area contributed by atoms with Gasteiger partial charge in [0.2, 0.25) is 0 Å². The number of hydrogen-bond donors (Lipinski definition) is 2. The van der Waals surface area contributed by atoms with Gasteiger partial charge in [-0.3, -0.25) is 0 Å². The highest BCUT2D eigenvalue weighted by molar-refractivity contribution is 4.67. The molecule has 1 aliphatic rings. The summed E-state index contributed by atoms with van der Waals surface area (Å²) < 4.78 is 5.39. The second kappa shape index (κ2) is 3.82. The Morgan fingerprint density at radius 1 is 1.78 bits per heavy atom. The van der Waals surface area contributed by atoms with Crippen LogP contribution in [0.15, 0.2) is 0 Å². The van der Waals surface area contributed by atoms with E-state index in [1.807, 2.05) is 7.05 Å². The Kier molecular flexibility index (Phi) is 2.97. The average Bonchev–Trinajstić information content (AvgIpc) is 1.91. The molecular formula is C6H14N2O. The maximum Gasteiger partial charge on any atom is 0.0824 e. The molecule has 0 bridgehead atoms. The predicted molar refractivity (Wildman–Crippen MR) is 36.5 cm³/mol. The fraction of sp³-hybridized carbons (Fsp3) is 1.00. The molecule has 1 rings (SSSR count). The average molecular weight is 130 g/mol. The first-order chi connectivity index (χ1) is 4.43. The topological polar surface area (TPSA) is 33.3 Å². The van der Waals surface area contributed by atoms with Crippen molar-refractivity contribution in [3.05, 3.63) is 0 Å². The Balaban J connectivity index is 2.08. The lowest BCUT2D eigenvalue weighted by molar-refractivity contribution is 0.0304. The molecule has 0 aromatic heterocycles. The van der Waals surface area contributed by atoms with Gasteiger partial charge in [0, 0.05) is 19.6 Å². The minimum Gasteiger partial charge on any atom is -0.374 e. The zero-order valence-corrected chi connectivity index (χ0v) is 5.81. The number of nitrogens with one attached hydrogen (secondary N) is 2. The summed E-state index contributed by atoms with van der Waals surface area (Å²) in [5, 5.41) is 6.33. The Morgan fingerprint density at radius 2 is 2.67 bits per heavy atom. The number of hydrogen-bond acceptors (Lipinski definition) is 3. The minimum absolute atomic E-state index is 0.378. The monoisotopic (exact) mass is 130 g/mol. The summed E-state index contributed by atoms with van der Waals surface area (Å²) in [7, 11) is 1.94. The largest absolute Gasteiger partial charge is 0.374 e. The molecule has 3 heteroatoms. The van der Waals surface area contributed by atoms with Gasteiger partial charge >= 0.3 is 0 Å². The lowest BCUT2D eigenvalue weighted by atomic mass is 10.3. The zero-order valence-electron chi connectivity index (χ0n) is 5.81. The highest BCUT2D eigenvalue weighted by Gasteiger charge is 2.10. The summed E-state index contributed by atoms with van der Waals surface area (Å²) in [5.74, 6) is 0. The second-order valence-corrected chi connectivity index (χ2v) is 2.25. The standard InChI is InChI=1S/C6H14N2O/c1-7-4-6-5-8-2-3-9-6/h6-8H,2-5H2,1H3. The van der Waals surface area contributed by atoms with E-state index in [0.29, 0.717) is 6.10 Å². The molecule has 0 aromatic rings. The van der Waals surface area contributed by atoms with Crippen LogP contribution in [0.25, 0.3) is 0 Å². The normalized spacial score (nSPS) is 28.3. The molecule has 0 spiro atoms. The van der Waals surface area contributed by atoms with Crippen LogP contribution in [-0.2, 0) is 4.74 Å². The molecule has 3 nitrogen and oxygen atoms in total. The molecule has 0 saturated carbocycles. The first-order valence-electron chi connectivity index (χ1n) is 3.40. The van der Waals surface area contributed by atoms with Crippen LogP contribution in [0.4, 0.5) is 0 Å². The van der Waals surface area contributed by atoms with Crippen molar-refractivity contribution in [1.29, 1.82) is 0 Å². The van der Waals surface area contributed by atoms with Crippen LogP contribution in [0.2, 0.25) is 0 Å². The fourth-order valence-corrected chi connectivity index (χ4v) is 0.979. The molecule has 1 fully saturated rings. The summed E-state index contributed by atoms with van der Waals surface area (Å²) in [6, 6.07) is 0. The van der Waals surface area contributed by atoms with Gasteiger partial charge in [0.25, 0.3) is 0 Å². The van der Waals surface area contributed by atoms with Gasteiger partial charge in [0.1, 0.15) is 0 Å². The molecule has 1 unspecified atom stereocenters. The Hall–Kier alpha value is -0.120. The van der Waals surface area contributed by atoms with Crippen LogP contribution in [-0.4, -0.2) is 39.4 Å². The molecule has 2 N–H and O–H groups in total. The number of morpholine rings is 1. The van der Waals surface area contributed by atoms with Gasteiger partial charge in [-0.1, -0.05) is 0 Å². The van der Waals surface area contributed by atoms with Crippen molar-refractivity contribution in [1.82, 2.24) is 10.6 Å². The van der Waals surface area contributed by atoms with E-state index in [1.165, 1.54) is 0 Å². The molecule has 0 radical (unpaired) electrons. The molecule has 54 valence electrons. The van der Waals surface area contributed by atoms with Gasteiger partial charge in [-0.25, -0.2) is 0 Å². The second-order valence-electron chi connectivity index (χ2n) is 2.25. The third-order valence-corrected chi connectivity index (χ3v) is 1.44. The Labute approximate surface area is 55.8 Å².